The van der Waals surface area contributed by atoms with Crippen LogP contribution in [-0.4, -0.2) is 30.2 Å². The third-order valence-electron chi connectivity index (χ3n) is 3.90. The summed E-state index contributed by atoms with van der Waals surface area (Å²) in [5.74, 6) is 0.912. The Balaban J connectivity index is 1.53. The van der Waals surface area contributed by atoms with Crippen molar-refractivity contribution in [3.63, 3.8) is 0 Å². The summed E-state index contributed by atoms with van der Waals surface area (Å²) in [6, 6.07) is 8.71. The molecule has 1 aromatic heterocycles. The lowest BCUT2D eigenvalue weighted by atomic mass is 10.1. The molecule has 1 aliphatic heterocycles. The van der Waals surface area contributed by atoms with E-state index in [-0.39, 0.29) is 0 Å². The van der Waals surface area contributed by atoms with E-state index in [1.165, 1.54) is 11.1 Å². The van der Waals surface area contributed by atoms with E-state index < -0.39 is 0 Å². The van der Waals surface area contributed by atoms with Crippen molar-refractivity contribution in [1.82, 2.24) is 4.90 Å². The van der Waals surface area contributed by atoms with Crippen LogP contribution in [0.25, 0.3) is 0 Å². The standard InChI is InChI=1S/C18H22BrNO2S/c1-13-7-20(8-14(2)22-13)9-15-3-5-16(6-4-15)10-21-18-12-23-11-17(18)19/h3-6,11-14H,7-10H2,1-2H3/t13-,14+. The van der Waals surface area contributed by atoms with E-state index in [0.29, 0.717) is 18.8 Å². The summed E-state index contributed by atoms with van der Waals surface area (Å²) >= 11 is 5.12. The van der Waals surface area contributed by atoms with Crippen LogP contribution in [0.1, 0.15) is 25.0 Å². The Labute approximate surface area is 150 Å². The average molecular weight is 396 g/mol. The normalized spacial score (nSPS) is 22.2. The van der Waals surface area contributed by atoms with Crippen molar-refractivity contribution in [1.29, 1.82) is 0 Å². The highest BCUT2D eigenvalue weighted by molar-refractivity contribution is 9.10. The average Bonchev–Trinajstić information content (AvgIpc) is 2.91. The second kappa shape index (κ2) is 7.79. The lowest BCUT2D eigenvalue weighted by Gasteiger charge is -2.35. The molecule has 0 radical (unpaired) electrons. The van der Waals surface area contributed by atoms with Gasteiger partial charge in [-0.05, 0) is 40.9 Å². The Morgan fingerprint density at radius 1 is 1.13 bits per heavy atom. The third kappa shape index (κ3) is 4.80. The molecule has 0 aliphatic carbocycles. The van der Waals surface area contributed by atoms with Crippen molar-refractivity contribution >= 4 is 27.3 Å². The minimum Gasteiger partial charge on any atom is -0.487 e. The molecule has 3 rings (SSSR count). The predicted molar refractivity (Wildman–Crippen MR) is 98.1 cm³/mol. The zero-order chi connectivity index (χ0) is 16.2. The molecular weight excluding hydrogens is 374 g/mol. The van der Waals surface area contributed by atoms with Gasteiger partial charge in [0.25, 0.3) is 0 Å². The van der Waals surface area contributed by atoms with Gasteiger partial charge in [0, 0.05) is 30.4 Å². The van der Waals surface area contributed by atoms with Crippen LogP contribution in [0, 0.1) is 0 Å². The van der Waals surface area contributed by atoms with Crippen LogP contribution in [0.2, 0.25) is 0 Å². The molecule has 0 unspecified atom stereocenters. The number of thiophene rings is 1. The lowest BCUT2D eigenvalue weighted by Crippen LogP contribution is -2.44. The Morgan fingerprint density at radius 3 is 2.39 bits per heavy atom. The largest absolute Gasteiger partial charge is 0.487 e. The molecule has 1 aliphatic rings. The molecular formula is C18H22BrNO2S. The highest BCUT2D eigenvalue weighted by Crippen LogP contribution is 2.29. The summed E-state index contributed by atoms with van der Waals surface area (Å²) in [4.78, 5) is 2.47. The summed E-state index contributed by atoms with van der Waals surface area (Å²) in [5, 5.41) is 4.04. The molecule has 0 N–H and O–H groups in total. The summed E-state index contributed by atoms with van der Waals surface area (Å²) in [5.41, 5.74) is 2.53. The van der Waals surface area contributed by atoms with E-state index in [1.54, 1.807) is 11.3 Å². The molecule has 0 amide bonds. The Bertz CT molecular complexity index is 618. The fourth-order valence-electron chi connectivity index (χ4n) is 2.95. The maximum Gasteiger partial charge on any atom is 0.144 e. The number of nitrogens with zero attached hydrogens (tertiary/aromatic N) is 1. The number of hydrogen-bond donors (Lipinski definition) is 0. The molecule has 1 aromatic carbocycles. The smallest absolute Gasteiger partial charge is 0.144 e. The minimum absolute atomic E-state index is 0.315. The van der Waals surface area contributed by atoms with E-state index in [2.05, 4.69) is 58.9 Å². The first-order chi connectivity index (χ1) is 11.1. The highest BCUT2D eigenvalue weighted by atomic mass is 79.9. The molecule has 2 atom stereocenters. The van der Waals surface area contributed by atoms with E-state index in [0.717, 1.165) is 29.9 Å². The monoisotopic (exact) mass is 395 g/mol. The molecule has 5 heteroatoms. The number of hydrogen-bond acceptors (Lipinski definition) is 4. The second-order valence-electron chi connectivity index (χ2n) is 6.14. The summed E-state index contributed by atoms with van der Waals surface area (Å²) in [7, 11) is 0. The number of halogens is 1. The van der Waals surface area contributed by atoms with Crippen LogP contribution in [0.15, 0.2) is 39.5 Å². The van der Waals surface area contributed by atoms with E-state index in [1.807, 2.05) is 10.8 Å². The molecule has 1 saturated heterocycles. The first kappa shape index (κ1) is 17.0. The maximum atomic E-state index is 5.82. The molecule has 23 heavy (non-hydrogen) atoms. The fraction of sp³-hybridized carbons (Fsp3) is 0.444. The van der Waals surface area contributed by atoms with Crippen molar-refractivity contribution in [2.75, 3.05) is 13.1 Å². The molecule has 124 valence electrons. The van der Waals surface area contributed by atoms with Crippen LogP contribution >= 0.6 is 27.3 Å². The highest BCUT2D eigenvalue weighted by Gasteiger charge is 2.21. The van der Waals surface area contributed by atoms with Crippen LogP contribution in [0.5, 0.6) is 5.75 Å². The van der Waals surface area contributed by atoms with Crippen LogP contribution in [0.3, 0.4) is 0 Å². The quantitative estimate of drug-likeness (QED) is 0.732. The molecule has 2 heterocycles. The van der Waals surface area contributed by atoms with E-state index in [9.17, 15) is 0 Å². The zero-order valence-electron chi connectivity index (χ0n) is 13.5. The van der Waals surface area contributed by atoms with Crippen molar-refractivity contribution in [3.05, 3.63) is 50.6 Å². The molecule has 1 fully saturated rings. The summed E-state index contributed by atoms with van der Waals surface area (Å²) < 4.78 is 12.6. The predicted octanol–water partition coefficient (Wildman–Crippen LogP) is 4.70. The van der Waals surface area contributed by atoms with Crippen molar-refractivity contribution in [2.24, 2.45) is 0 Å². The third-order valence-corrected chi connectivity index (χ3v) is 5.55. The molecule has 2 aromatic rings. The van der Waals surface area contributed by atoms with Crippen LogP contribution in [0.4, 0.5) is 0 Å². The van der Waals surface area contributed by atoms with Gasteiger partial charge in [0.2, 0.25) is 0 Å². The van der Waals surface area contributed by atoms with Crippen molar-refractivity contribution < 1.29 is 9.47 Å². The van der Waals surface area contributed by atoms with Gasteiger partial charge in [-0.1, -0.05) is 24.3 Å². The van der Waals surface area contributed by atoms with Gasteiger partial charge in [-0.2, -0.15) is 0 Å². The molecule has 3 nitrogen and oxygen atoms in total. The van der Waals surface area contributed by atoms with Gasteiger partial charge >= 0.3 is 0 Å². The second-order valence-corrected chi connectivity index (χ2v) is 7.74. The van der Waals surface area contributed by atoms with Gasteiger partial charge < -0.3 is 9.47 Å². The van der Waals surface area contributed by atoms with Gasteiger partial charge in [-0.3, -0.25) is 4.90 Å². The number of ether oxygens (including phenoxy) is 2. The van der Waals surface area contributed by atoms with Gasteiger partial charge in [0.05, 0.1) is 16.7 Å². The number of morpholine rings is 1. The SMILES string of the molecule is C[C@@H]1CN(Cc2ccc(COc3cscc3Br)cc2)C[C@H](C)O1. The van der Waals surface area contributed by atoms with Gasteiger partial charge in [-0.25, -0.2) is 0 Å². The molecule has 0 saturated carbocycles. The van der Waals surface area contributed by atoms with Crippen molar-refractivity contribution in [3.8, 4) is 5.75 Å². The van der Waals surface area contributed by atoms with E-state index in [4.69, 9.17) is 9.47 Å². The molecule has 0 bridgehead atoms. The first-order valence-corrected chi connectivity index (χ1v) is 9.64. The zero-order valence-corrected chi connectivity index (χ0v) is 15.9. The first-order valence-electron chi connectivity index (χ1n) is 7.90. The topological polar surface area (TPSA) is 21.7 Å². The summed E-state index contributed by atoms with van der Waals surface area (Å²) in [6.45, 7) is 7.87. The Hall–Kier alpha value is -0.880. The Kier molecular flexibility index (Phi) is 5.75. The number of benzene rings is 1. The van der Waals surface area contributed by atoms with Gasteiger partial charge in [0.15, 0.2) is 0 Å². The Morgan fingerprint density at radius 2 is 1.78 bits per heavy atom. The lowest BCUT2D eigenvalue weighted by molar-refractivity contribution is -0.0704. The van der Waals surface area contributed by atoms with Gasteiger partial charge in [0.1, 0.15) is 12.4 Å². The number of rotatable bonds is 5. The van der Waals surface area contributed by atoms with Crippen molar-refractivity contribution in [2.45, 2.75) is 39.2 Å². The summed E-state index contributed by atoms with van der Waals surface area (Å²) in [6.07, 6.45) is 0.631. The van der Waals surface area contributed by atoms with E-state index >= 15 is 0 Å². The molecule has 0 spiro atoms. The van der Waals surface area contributed by atoms with Gasteiger partial charge in [-0.15, -0.1) is 11.3 Å². The maximum absolute atomic E-state index is 5.82. The fourth-order valence-corrected chi connectivity index (χ4v) is 4.27. The van der Waals surface area contributed by atoms with Crippen LogP contribution in [-0.2, 0) is 17.9 Å². The minimum atomic E-state index is 0.315. The van der Waals surface area contributed by atoms with Crippen LogP contribution < -0.4 is 4.74 Å².